The highest BCUT2D eigenvalue weighted by Crippen LogP contribution is 2.17. The molecule has 74 valence electrons. The fraction of sp³-hybridized carbons (Fsp3) is 0.300. The van der Waals surface area contributed by atoms with Crippen molar-refractivity contribution in [3.05, 3.63) is 30.1 Å². The summed E-state index contributed by atoms with van der Waals surface area (Å²) < 4.78 is 0. The number of aliphatic hydroxyl groups is 1. The number of rotatable bonds is 3. The van der Waals surface area contributed by atoms with Gasteiger partial charge in [0.2, 0.25) is 0 Å². The number of aromatic amines is 1. The molecule has 2 aromatic rings. The van der Waals surface area contributed by atoms with Gasteiger partial charge in [0.15, 0.2) is 0 Å². The minimum atomic E-state index is -0.465. The quantitative estimate of drug-likeness (QED) is 0.673. The van der Waals surface area contributed by atoms with Crippen LogP contribution in [0.5, 0.6) is 0 Å². The molecule has 0 bridgehead atoms. The lowest BCUT2D eigenvalue weighted by atomic mass is 10.1. The Morgan fingerprint density at radius 3 is 3.21 bits per heavy atom. The molecule has 0 fully saturated rings. The number of nitrogens with zero attached hydrogens (tertiary/aromatic N) is 1. The normalized spacial score (nSPS) is 13.3. The van der Waals surface area contributed by atoms with Crippen LogP contribution in [0.4, 0.5) is 0 Å². The summed E-state index contributed by atoms with van der Waals surface area (Å²) in [6.07, 6.45) is 1.19. The fourth-order valence-corrected chi connectivity index (χ4v) is 1.47. The van der Waals surface area contributed by atoms with Crippen molar-refractivity contribution in [2.75, 3.05) is 13.6 Å². The number of aromatic nitrogens is 2. The highest BCUT2D eigenvalue weighted by Gasteiger charge is 2.07. The van der Waals surface area contributed by atoms with Crippen LogP contribution in [0.25, 0.3) is 11.0 Å². The minimum absolute atomic E-state index is 0.465. The van der Waals surface area contributed by atoms with Crippen LogP contribution in [0.2, 0.25) is 0 Å². The molecule has 4 nitrogen and oxygen atoms in total. The summed E-state index contributed by atoms with van der Waals surface area (Å²) in [6, 6.07) is 5.72. The van der Waals surface area contributed by atoms with Crippen LogP contribution in [-0.4, -0.2) is 28.7 Å². The van der Waals surface area contributed by atoms with Crippen LogP contribution in [0.15, 0.2) is 24.5 Å². The summed E-state index contributed by atoms with van der Waals surface area (Å²) in [5, 5.41) is 12.7. The van der Waals surface area contributed by atoms with Crippen LogP contribution in [0.1, 0.15) is 11.7 Å². The largest absolute Gasteiger partial charge is 0.387 e. The molecule has 1 heterocycles. The topological polar surface area (TPSA) is 60.9 Å². The highest BCUT2D eigenvalue weighted by atomic mass is 16.3. The van der Waals surface area contributed by atoms with Crippen molar-refractivity contribution in [1.82, 2.24) is 15.3 Å². The van der Waals surface area contributed by atoms with E-state index in [9.17, 15) is 5.11 Å². The monoisotopic (exact) mass is 191 g/mol. The maximum atomic E-state index is 9.72. The van der Waals surface area contributed by atoms with Gasteiger partial charge < -0.3 is 15.4 Å². The first-order chi connectivity index (χ1) is 6.81. The SMILES string of the molecule is CNCC(O)c1ccc2nc[nH]c2c1. The molecule has 4 heteroatoms. The summed E-state index contributed by atoms with van der Waals surface area (Å²) in [7, 11) is 1.82. The van der Waals surface area contributed by atoms with Crippen molar-refractivity contribution in [1.29, 1.82) is 0 Å². The van der Waals surface area contributed by atoms with Gasteiger partial charge in [-0.15, -0.1) is 0 Å². The smallest absolute Gasteiger partial charge is 0.0931 e. The predicted molar refractivity (Wildman–Crippen MR) is 55.0 cm³/mol. The molecule has 0 spiro atoms. The van der Waals surface area contributed by atoms with Crippen molar-refractivity contribution in [2.45, 2.75) is 6.10 Å². The van der Waals surface area contributed by atoms with Gasteiger partial charge in [-0.25, -0.2) is 4.98 Å². The number of nitrogens with one attached hydrogen (secondary N) is 2. The molecule has 2 rings (SSSR count). The minimum Gasteiger partial charge on any atom is -0.387 e. The molecule has 0 saturated heterocycles. The van der Waals surface area contributed by atoms with E-state index in [1.165, 1.54) is 0 Å². The van der Waals surface area contributed by atoms with Crippen LogP contribution in [0, 0.1) is 0 Å². The second kappa shape index (κ2) is 3.77. The zero-order chi connectivity index (χ0) is 9.97. The van der Waals surface area contributed by atoms with E-state index in [0.29, 0.717) is 6.54 Å². The van der Waals surface area contributed by atoms with Gasteiger partial charge in [0.25, 0.3) is 0 Å². The van der Waals surface area contributed by atoms with Crippen molar-refractivity contribution < 1.29 is 5.11 Å². The fourth-order valence-electron chi connectivity index (χ4n) is 1.47. The number of hydrogen-bond acceptors (Lipinski definition) is 3. The Kier molecular flexibility index (Phi) is 2.47. The van der Waals surface area contributed by atoms with Gasteiger partial charge in [0, 0.05) is 6.54 Å². The van der Waals surface area contributed by atoms with Gasteiger partial charge >= 0.3 is 0 Å². The zero-order valence-corrected chi connectivity index (χ0v) is 7.99. The summed E-state index contributed by atoms with van der Waals surface area (Å²) in [6.45, 7) is 0.555. The summed E-state index contributed by atoms with van der Waals surface area (Å²) >= 11 is 0. The molecule has 1 atom stereocenters. The molecular formula is C10H13N3O. The molecule has 14 heavy (non-hydrogen) atoms. The van der Waals surface area contributed by atoms with E-state index in [4.69, 9.17) is 0 Å². The Morgan fingerprint density at radius 2 is 2.43 bits per heavy atom. The Morgan fingerprint density at radius 1 is 1.57 bits per heavy atom. The summed E-state index contributed by atoms with van der Waals surface area (Å²) in [4.78, 5) is 7.13. The molecule has 0 saturated carbocycles. The molecular weight excluding hydrogens is 178 g/mol. The average molecular weight is 191 g/mol. The van der Waals surface area contributed by atoms with Crippen molar-refractivity contribution in [2.24, 2.45) is 0 Å². The molecule has 3 N–H and O–H groups in total. The molecule has 1 aromatic carbocycles. The lowest BCUT2D eigenvalue weighted by molar-refractivity contribution is 0.178. The second-order valence-corrected chi connectivity index (χ2v) is 3.25. The lowest BCUT2D eigenvalue weighted by Gasteiger charge is -2.09. The van der Waals surface area contributed by atoms with E-state index in [1.807, 2.05) is 25.2 Å². The number of benzene rings is 1. The van der Waals surface area contributed by atoms with E-state index in [2.05, 4.69) is 15.3 Å². The van der Waals surface area contributed by atoms with Crippen LogP contribution in [0.3, 0.4) is 0 Å². The maximum Gasteiger partial charge on any atom is 0.0931 e. The third-order valence-electron chi connectivity index (χ3n) is 2.23. The first-order valence-corrected chi connectivity index (χ1v) is 4.57. The summed E-state index contributed by atoms with van der Waals surface area (Å²) in [5.74, 6) is 0. The molecule has 0 radical (unpaired) electrons. The molecule has 0 amide bonds. The average Bonchev–Trinajstić information content (AvgIpc) is 2.64. The first-order valence-electron chi connectivity index (χ1n) is 4.57. The van der Waals surface area contributed by atoms with Crippen LogP contribution < -0.4 is 5.32 Å². The number of aliphatic hydroxyl groups excluding tert-OH is 1. The van der Waals surface area contributed by atoms with E-state index < -0.39 is 6.10 Å². The number of fused-ring (bicyclic) bond motifs is 1. The van der Waals surface area contributed by atoms with Crippen LogP contribution >= 0.6 is 0 Å². The zero-order valence-electron chi connectivity index (χ0n) is 7.99. The number of likely N-dealkylation sites (N-methyl/N-ethyl adjacent to an activating group) is 1. The highest BCUT2D eigenvalue weighted by molar-refractivity contribution is 5.75. The third-order valence-corrected chi connectivity index (χ3v) is 2.23. The van der Waals surface area contributed by atoms with Gasteiger partial charge in [-0.1, -0.05) is 6.07 Å². The number of H-pyrrole nitrogens is 1. The van der Waals surface area contributed by atoms with Gasteiger partial charge in [0.05, 0.1) is 23.5 Å². The molecule has 1 unspecified atom stereocenters. The Labute approximate surface area is 82.0 Å². The molecule has 0 aliphatic heterocycles. The van der Waals surface area contributed by atoms with Gasteiger partial charge in [-0.3, -0.25) is 0 Å². The van der Waals surface area contributed by atoms with Gasteiger partial charge in [0.1, 0.15) is 0 Å². The van der Waals surface area contributed by atoms with Gasteiger partial charge in [-0.2, -0.15) is 0 Å². The third kappa shape index (κ3) is 1.62. The maximum absolute atomic E-state index is 9.72. The van der Waals surface area contributed by atoms with E-state index in [1.54, 1.807) is 6.33 Å². The first kappa shape index (κ1) is 9.18. The second-order valence-electron chi connectivity index (χ2n) is 3.25. The Balaban J connectivity index is 2.33. The van der Waals surface area contributed by atoms with E-state index >= 15 is 0 Å². The van der Waals surface area contributed by atoms with Gasteiger partial charge in [-0.05, 0) is 24.7 Å². The molecule has 0 aliphatic rings. The van der Waals surface area contributed by atoms with Crippen molar-refractivity contribution >= 4 is 11.0 Å². The van der Waals surface area contributed by atoms with Crippen LogP contribution in [-0.2, 0) is 0 Å². The van der Waals surface area contributed by atoms with E-state index in [-0.39, 0.29) is 0 Å². The van der Waals surface area contributed by atoms with Crippen molar-refractivity contribution in [3.63, 3.8) is 0 Å². The standard InChI is InChI=1S/C10H13N3O/c1-11-5-10(14)7-2-3-8-9(4-7)13-6-12-8/h2-4,6,10-11,14H,5H2,1H3,(H,12,13). The number of imidazole rings is 1. The number of hydrogen-bond donors (Lipinski definition) is 3. The Bertz CT molecular complexity index is 424. The molecule has 0 aliphatic carbocycles. The predicted octanol–water partition coefficient (Wildman–Crippen LogP) is 0.816. The Hall–Kier alpha value is -1.39. The lowest BCUT2D eigenvalue weighted by Crippen LogP contribution is -2.16. The summed E-state index contributed by atoms with van der Waals surface area (Å²) in [5.41, 5.74) is 2.78. The van der Waals surface area contributed by atoms with Crippen molar-refractivity contribution in [3.8, 4) is 0 Å². The molecule has 1 aromatic heterocycles. The van der Waals surface area contributed by atoms with E-state index in [0.717, 1.165) is 16.6 Å².